The molecule has 3 rings (SSSR count). The maximum absolute atomic E-state index is 11.6. The number of hydrogen-bond donors (Lipinski definition) is 0. The van der Waals surface area contributed by atoms with Gasteiger partial charge >= 0.3 is 0 Å². The molecule has 19 heavy (non-hydrogen) atoms. The third-order valence-corrected chi connectivity index (χ3v) is 4.76. The fourth-order valence-electron chi connectivity index (χ4n) is 2.53. The summed E-state index contributed by atoms with van der Waals surface area (Å²) in [5, 5.41) is 4.46. The van der Waals surface area contributed by atoms with Gasteiger partial charge in [0.05, 0.1) is 11.9 Å². The minimum Gasteiger partial charge on any atom is -0.249 e. The highest BCUT2D eigenvalue weighted by atomic mass is 32.2. The van der Waals surface area contributed by atoms with Gasteiger partial charge in [0.1, 0.15) is 5.52 Å². The molecular weight excluding hydrogens is 266 g/mol. The Balaban J connectivity index is 1.99. The molecule has 2 aromatic heterocycles. The molecule has 0 amide bonds. The van der Waals surface area contributed by atoms with E-state index in [1.165, 1.54) is 10.6 Å². The summed E-state index contributed by atoms with van der Waals surface area (Å²) in [5.41, 5.74) is 2.34. The number of hydrogen-bond acceptors (Lipinski definition) is 5. The summed E-state index contributed by atoms with van der Waals surface area (Å²) in [5.74, 6) is 0.0927. The van der Waals surface area contributed by atoms with E-state index in [-0.39, 0.29) is 5.92 Å². The summed E-state index contributed by atoms with van der Waals surface area (Å²) in [4.78, 5) is 8.57. The van der Waals surface area contributed by atoms with Gasteiger partial charge in [-0.1, -0.05) is 0 Å². The van der Waals surface area contributed by atoms with Gasteiger partial charge < -0.3 is 0 Å². The lowest BCUT2D eigenvalue weighted by molar-refractivity contribution is 0.477. The van der Waals surface area contributed by atoms with E-state index < -0.39 is 10.0 Å². The highest BCUT2D eigenvalue weighted by molar-refractivity contribution is 7.88. The Hall–Kier alpha value is -1.54. The van der Waals surface area contributed by atoms with Crippen LogP contribution in [0.3, 0.4) is 0 Å². The van der Waals surface area contributed by atoms with Crippen LogP contribution in [0.5, 0.6) is 0 Å². The van der Waals surface area contributed by atoms with E-state index in [1.807, 2.05) is 7.05 Å². The van der Waals surface area contributed by atoms with Gasteiger partial charge in [-0.3, -0.25) is 0 Å². The van der Waals surface area contributed by atoms with Crippen molar-refractivity contribution >= 4 is 21.2 Å². The van der Waals surface area contributed by atoms with E-state index in [2.05, 4.69) is 15.1 Å². The predicted molar refractivity (Wildman–Crippen MR) is 70.1 cm³/mol. The van der Waals surface area contributed by atoms with Crippen LogP contribution in [0, 0.1) is 0 Å². The Morgan fingerprint density at radius 2 is 2.05 bits per heavy atom. The molecule has 1 saturated heterocycles. The number of rotatable bonds is 2. The zero-order chi connectivity index (χ0) is 13.6. The van der Waals surface area contributed by atoms with Crippen LogP contribution >= 0.6 is 0 Å². The zero-order valence-electron chi connectivity index (χ0n) is 10.8. The van der Waals surface area contributed by atoms with Crippen LogP contribution in [0.25, 0.3) is 11.2 Å². The lowest BCUT2D eigenvalue weighted by Gasteiger charge is -2.12. The van der Waals surface area contributed by atoms with Gasteiger partial charge in [0.15, 0.2) is 5.65 Å². The van der Waals surface area contributed by atoms with Crippen molar-refractivity contribution in [3.8, 4) is 0 Å². The highest BCUT2D eigenvalue weighted by Crippen LogP contribution is 2.30. The van der Waals surface area contributed by atoms with Crippen molar-refractivity contribution in [2.45, 2.75) is 12.3 Å². The van der Waals surface area contributed by atoms with E-state index in [0.717, 1.165) is 23.3 Å². The van der Waals surface area contributed by atoms with Crippen molar-refractivity contribution in [2.24, 2.45) is 7.05 Å². The Kier molecular flexibility index (Phi) is 2.79. The fourth-order valence-corrected chi connectivity index (χ4v) is 3.42. The lowest BCUT2D eigenvalue weighted by Crippen LogP contribution is -2.27. The summed E-state index contributed by atoms with van der Waals surface area (Å²) in [7, 11) is -1.30. The average molecular weight is 281 g/mol. The predicted octanol–water partition coefficient (Wildman–Crippen LogP) is 0.112. The molecule has 1 unspecified atom stereocenters. The van der Waals surface area contributed by atoms with Crippen LogP contribution < -0.4 is 0 Å². The largest absolute Gasteiger partial charge is 0.249 e. The molecule has 102 valence electrons. The summed E-state index contributed by atoms with van der Waals surface area (Å²) in [6.07, 6.45) is 5.28. The molecule has 7 nitrogen and oxygen atoms in total. The van der Waals surface area contributed by atoms with Crippen LogP contribution in [-0.2, 0) is 17.1 Å². The second kappa shape index (κ2) is 4.24. The minimum atomic E-state index is -3.13. The van der Waals surface area contributed by atoms with Crippen LogP contribution in [0.1, 0.15) is 18.0 Å². The van der Waals surface area contributed by atoms with E-state index in [0.29, 0.717) is 13.1 Å². The van der Waals surface area contributed by atoms with E-state index >= 15 is 0 Å². The molecule has 1 aliphatic rings. The molecule has 0 radical (unpaired) electrons. The topological polar surface area (TPSA) is 81.0 Å². The molecule has 1 fully saturated rings. The molecule has 3 heterocycles. The van der Waals surface area contributed by atoms with Gasteiger partial charge in [-0.15, -0.1) is 0 Å². The number of aryl methyl sites for hydroxylation is 1. The van der Waals surface area contributed by atoms with E-state index in [9.17, 15) is 8.42 Å². The zero-order valence-corrected chi connectivity index (χ0v) is 11.6. The third-order valence-electron chi connectivity index (χ3n) is 3.49. The van der Waals surface area contributed by atoms with Crippen LogP contribution in [0.15, 0.2) is 12.4 Å². The van der Waals surface area contributed by atoms with Gasteiger partial charge in [-0.05, 0) is 6.42 Å². The fraction of sp³-hybridized carbons (Fsp3) is 0.545. The number of nitrogens with zero attached hydrogens (tertiary/aromatic N) is 5. The van der Waals surface area contributed by atoms with Crippen molar-refractivity contribution in [3.05, 3.63) is 18.1 Å². The van der Waals surface area contributed by atoms with Gasteiger partial charge in [-0.2, -0.15) is 5.10 Å². The first-order chi connectivity index (χ1) is 8.97. The van der Waals surface area contributed by atoms with Gasteiger partial charge in [0, 0.05) is 38.4 Å². The molecule has 1 atom stereocenters. The molecule has 0 saturated carbocycles. The first-order valence-electron chi connectivity index (χ1n) is 6.05. The molecule has 0 aromatic carbocycles. The summed E-state index contributed by atoms with van der Waals surface area (Å²) < 4.78 is 26.3. The van der Waals surface area contributed by atoms with E-state index in [1.54, 1.807) is 17.1 Å². The van der Waals surface area contributed by atoms with E-state index in [4.69, 9.17) is 0 Å². The average Bonchev–Trinajstić information content (AvgIpc) is 2.94. The maximum Gasteiger partial charge on any atom is 0.211 e. The summed E-state index contributed by atoms with van der Waals surface area (Å²) in [6.45, 7) is 1.02. The normalized spacial score (nSPS) is 21.3. The maximum atomic E-state index is 11.6. The van der Waals surface area contributed by atoms with Crippen LogP contribution in [0.4, 0.5) is 0 Å². The molecule has 0 bridgehead atoms. The Morgan fingerprint density at radius 1 is 1.32 bits per heavy atom. The molecule has 0 N–H and O–H groups in total. The van der Waals surface area contributed by atoms with Crippen LogP contribution in [-0.4, -0.2) is 51.8 Å². The van der Waals surface area contributed by atoms with Crippen molar-refractivity contribution in [1.82, 2.24) is 24.1 Å². The quantitative estimate of drug-likeness (QED) is 0.780. The second-order valence-corrected chi connectivity index (χ2v) is 6.83. The van der Waals surface area contributed by atoms with Crippen molar-refractivity contribution in [1.29, 1.82) is 0 Å². The molecule has 0 aliphatic carbocycles. The standard InChI is InChI=1S/C11H15N5O2S/c1-15-11-10(12-4-5-13-11)9(14-15)8-3-6-16(7-8)19(2,17)18/h4-5,8H,3,6-7H2,1-2H3. The Labute approximate surface area is 111 Å². The van der Waals surface area contributed by atoms with Crippen molar-refractivity contribution < 1.29 is 8.42 Å². The minimum absolute atomic E-state index is 0.0927. The molecular formula is C11H15N5O2S. The SMILES string of the molecule is Cn1nc(C2CCN(S(C)(=O)=O)C2)c2nccnc21. The van der Waals surface area contributed by atoms with Crippen molar-refractivity contribution in [3.63, 3.8) is 0 Å². The molecule has 1 aliphatic heterocycles. The molecule has 2 aromatic rings. The summed E-state index contributed by atoms with van der Waals surface area (Å²) >= 11 is 0. The lowest BCUT2D eigenvalue weighted by atomic mass is 10.0. The second-order valence-electron chi connectivity index (χ2n) is 4.84. The number of aromatic nitrogens is 4. The first kappa shape index (κ1) is 12.5. The Bertz CT molecular complexity index is 724. The third kappa shape index (κ3) is 2.10. The smallest absolute Gasteiger partial charge is 0.211 e. The first-order valence-corrected chi connectivity index (χ1v) is 7.90. The molecule has 0 spiro atoms. The number of sulfonamides is 1. The van der Waals surface area contributed by atoms with Gasteiger partial charge in [0.2, 0.25) is 10.0 Å². The summed E-state index contributed by atoms with van der Waals surface area (Å²) in [6, 6.07) is 0. The van der Waals surface area contributed by atoms with Crippen LogP contribution in [0.2, 0.25) is 0 Å². The number of fused-ring (bicyclic) bond motifs is 1. The highest BCUT2D eigenvalue weighted by Gasteiger charge is 2.32. The molecule has 8 heteroatoms. The monoisotopic (exact) mass is 281 g/mol. The van der Waals surface area contributed by atoms with Gasteiger partial charge in [-0.25, -0.2) is 27.4 Å². The van der Waals surface area contributed by atoms with Gasteiger partial charge in [0.25, 0.3) is 0 Å². The Morgan fingerprint density at radius 3 is 2.74 bits per heavy atom. The van der Waals surface area contributed by atoms with Crippen molar-refractivity contribution in [2.75, 3.05) is 19.3 Å².